The van der Waals surface area contributed by atoms with Gasteiger partial charge in [-0.15, -0.1) is 0 Å². The monoisotopic (exact) mass is 372 g/mol. The molecule has 4 rings (SSSR count). The Morgan fingerprint density at radius 1 is 1.11 bits per heavy atom. The van der Waals surface area contributed by atoms with E-state index in [9.17, 15) is 4.79 Å². The highest BCUT2D eigenvalue weighted by Gasteiger charge is 2.22. The molecule has 1 N–H and O–H groups in total. The lowest BCUT2D eigenvalue weighted by Gasteiger charge is -2.22. The molecule has 5 nitrogen and oxygen atoms in total. The van der Waals surface area contributed by atoms with E-state index in [4.69, 9.17) is 0 Å². The summed E-state index contributed by atoms with van der Waals surface area (Å²) in [6, 6.07) is 17.9. The lowest BCUT2D eigenvalue weighted by atomic mass is 10.0. The number of para-hydroxylation sites is 1. The van der Waals surface area contributed by atoms with Crippen molar-refractivity contribution in [1.29, 1.82) is 0 Å². The number of H-pyrrole nitrogens is 1. The van der Waals surface area contributed by atoms with Crippen molar-refractivity contribution < 1.29 is 4.79 Å². The summed E-state index contributed by atoms with van der Waals surface area (Å²) in [6.45, 7) is 3.37. The smallest absolute Gasteiger partial charge is 0.181 e. The third-order valence-corrected chi connectivity index (χ3v) is 5.20. The lowest BCUT2D eigenvalue weighted by Crippen LogP contribution is -2.35. The van der Waals surface area contributed by atoms with Crippen molar-refractivity contribution in [1.82, 2.24) is 19.7 Å². The molecule has 0 saturated heterocycles. The maximum Gasteiger partial charge on any atom is 0.181 e. The van der Waals surface area contributed by atoms with Crippen molar-refractivity contribution in [2.24, 2.45) is 0 Å². The number of ketones is 1. The topological polar surface area (TPSA) is 53.9 Å². The first kappa shape index (κ1) is 18.2. The highest BCUT2D eigenvalue weighted by atomic mass is 16.1. The molecule has 0 fully saturated rings. The maximum atomic E-state index is 13.0. The zero-order valence-electron chi connectivity index (χ0n) is 16.2. The van der Waals surface area contributed by atoms with Crippen molar-refractivity contribution in [3.8, 4) is 0 Å². The molecule has 1 atom stereocenters. The minimum atomic E-state index is -0.225. The summed E-state index contributed by atoms with van der Waals surface area (Å²) >= 11 is 0. The third-order valence-electron chi connectivity index (χ3n) is 5.20. The quantitative estimate of drug-likeness (QED) is 0.497. The summed E-state index contributed by atoms with van der Waals surface area (Å²) in [4.78, 5) is 18.3. The first-order valence-corrected chi connectivity index (χ1v) is 9.47. The molecule has 0 amide bonds. The normalized spacial score (nSPS) is 12.5. The van der Waals surface area contributed by atoms with Crippen LogP contribution in [0.2, 0.25) is 0 Å². The zero-order chi connectivity index (χ0) is 19.5. The SMILES string of the molecule is CC(C(=O)c1c[nH]c2ccccc12)N(C)Cc1cnn(Cc2ccccc2)c1. The number of rotatable bonds is 7. The summed E-state index contributed by atoms with van der Waals surface area (Å²) in [7, 11) is 1.98. The van der Waals surface area contributed by atoms with E-state index < -0.39 is 0 Å². The van der Waals surface area contributed by atoms with E-state index in [1.807, 2.05) is 79.7 Å². The van der Waals surface area contributed by atoms with Crippen LogP contribution in [0, 0.1) is 0 Å². The highest BCUT2D eigenvalue weighted by Crippen LogP contribution is 2.21. The van der Waals surface area contributed by atoms with Crippen LogP contribution in [-0.2, 0) is 13.1 Å². The summed E-state index contributed by atoms with van der Waals surface area (Å²) in [6.07, 6.45) is 5.74. The van der Waals surface area contributed by atoms with E-state index in [0.717, 1.165) is 28.6 Å². The van der Waals surface area contributed by atoms with Crippen molar-refractivity contribution in [3.05, 3.63) is 89.9 Å². The van der Waals surface area contributed by atoms with Gasteiger partial charge in [0.25, 0.3) is 0 Å². The second-order valence-electron chi connectivity index (χ2n) is 7.24. The number of Topliss-reactive ketones (excluding diaryl/α,β-unsaturated/α-hetero) is 1. The van der Waals surface area contributed by atoms with Gasteiger partial charge < -0.3 is 4.98 Å². The predicted molar refractivity (Wildman–Crippen MR) is 111 cm³/mol. The van der Waals surface area contributed by atoms with Crippen LogP contribution in [0.5, 0.6) is 0 Å². The van der Waals surface area contributed by atoms with Gasteiger partial charge in [0.1, 0.15) is 0 Å². The van der Waals surface area contributed by atoms with Gasteiger partial charge in [-0.05, 0) is 25.6 Å². The predicted octanol–water partition coefficient (Wildman–Crippen LogP) is 4.12. The first-order chi connectivity index (χ1) is 13.6. The van der Waals surface area contributed by atoms with Crippen LogP contribution in [0.3, 0.4) is 0 Å². The van der Waals surface area contributed by atoms with E-state index in [0.29, 0.717) is 6.54 Å². The molecule has 2 aromatic heterocycles. The van der Waals surface area contributed by atoms with Gasteiger partial charge in [0.05, 0.1) is 18.8 Å². The number of hydrogen-bond donors (Lipinski definition) is 1. The van der Waals surface area contributed by atoms with E-state index in [1.165, 1.54) is 5.56 Å². The number of benzene rings is 2. The second kappa shape index (κ2) is 7.82. The Kier molecular flexibility index (Phi) is 5.08. The van der Waals surface area contributed by atoms with E-state index in [2.05, 4.69) is 27.1 Å². The molecule has 0 saturated carbocycles. The fourth-order valence-electron chi connectivity index (χ4n) is 3.47. The molecule has 4 aromatic rings. The number of carbonyl (C=O) groups is 1. The van der Waals surface area contributed by atoms with Gasteiger partial charge in [-0.2, -0.15) is 5.10 Å². The molecule has 2 aromatic carbocycles. The number of aromatic nitrogens is 3. The number of nitrogens with zero attached hydrogens (tertiary/aromatic N) is 3. The number of carbonyl (C=O) groups excluding carboxylic acids is 1. The van der Waals surface area contributed by atoms with E-state index in [1.54, 1.807) is 0 Å². The van der Waals surface area contributed by atoms with Gasteiger partial charge >= 0.3 is 0 Å². The summed E-state index contributed by atoms with van der Waals surface area (Å²) < 4.78 is 1.94. The molecule has 2 heterocycles. The molecule has 0 aliphatic carbocycles. The molecule has 1 unspecified atom stereocenters. The van der Waals surface area contributed by atoms with Crippen LogP contribution < -0.4 is 0 Å². The van der Waals surface area contributed by atoms with Gasteiger partial charge in [0.15, 0.2) is 5.78 Å². The molecule has 0 aliphatic rings. The van der Waals surface area contributed by atoms with Crippen LogP contribution >= 0.6 is 0 Å². The second-order valence-corrected chi connectivity index (χ2v) is 7.24. The molecule has 0 spiro atoms. The molecule has 5 heteroatoms. The Labute approximate surface area is 164 Å². The largest absolute Gasteiger partial charge is 0.360 e. The number of aromatic amines is 1. The standard InChI is InChI=1S/C23H24N4O/c1-17(23(28)21-13-24-22-11-7-6-10-20(21)22)26(2)14-19-12-25-27(16-19)15-18-8-4-3-5-9-18/h3-13,16-17,24H,14-15H2,1-2H3. The lowest BCUT2D eigenvalue weighted by molar-refractivity contribution is 0.0864. The third kappa shape index (κ3) is 3.75. The van der Waals surface area contributed by atoms with Crippen LogP contribution in [0.25, 0.3) is 10.9 Å². The van der Waals surface area contributed by atoms with Crippen molar-refractivity contribution in [2.75, 3.05) is 7.05 Å². The molecule has 0 aliphatic heterocycles. The van der Waals surface area contributed by atoms with Gasteiger partial charge in [-0.1, -0.05) is 48.5 Å². The van der Waals surface area contributed by atoms with Crippen molar-refractivity contribution in [2.45, 2.75) is 26.1 Å². The van der Waals surface area contributed by atoms with Crippen LogP contribution in [0.1, 0.15) is 28.4 Å². The molecular formula is C23H24N4O. The molecule has 28 heavy (non-hydrogen) atoms. The molecule has 142 valence electrons. The number of fused-ring (bicyclic) bond motifs is 1. The van der Waals surface area contributed by atoms with Gasteiger partial charge in [0.2, 0.25) is 0 Å². The van der Waals surface area contributed by atoms with Crippen molar-refractivity contribution in [3.63, 3.8) is 0 Å². The number of nitrogens with one attached hydrogen (secondary N) is 1. The number of hydrogen-bond acceptors (Lipinski definition) is 3. The van der Waals surface area contributed by atoms with Gasteiger partial charge in [-0.3, -0.25) is 14.4 Å². The Hall–Kier alpha value is -3.18. The van der Waals surface area contributed by atoms with Crippen LogP contribution in [-0.4, -0.2) is 38.5 Å². The molecule has 0 radical (unpaired) electrons. The average molecular weight is 372 g/mol. The Morgan fingerprint density at radius 3 is 2.68 bits per heavy atom. The maximum absolute atomic E-state index is 13.0. The molecular weight excluding hydrogens is 348 g/mol. The minimum absolute atomic E-state index is 0.122. The average Bonchev–Trinajstić information content (AvgIpc) is 3.34. The van der Waals surface area contributed by atoms with Gasteiger partial charge in [0, 0.05) is 41.0 Å². The fourth-order valence-corrected chi connectivity index (χ4v) is 3.47. The number of likely N-dealkylation sites (N-methyl/N-ethyl adjacent to an activating group) is 1. The van der Waals surface area contributed by atoms with Crippen LogP contribution in [0.15, 0.2) is 73.2 Å². The molecule has 0 bridgehead atoms. The van der Waals surface area contributed by atoms with Gasteiger partial charge in [-0.25, -0.2) is 0 Å². The summed E-state index contributed by atoms with van der Waals surface area (Å²) in [5, 5.41) is 5.44. The van der Waals surface area contributed by atoms with E-state index >= 15 is 0 Å². The Balaban J connectivity index is 1.43. The summed E-state index contributed by atoms with van der Waals surface area (Å²) in [5.41, 5.74) is 4.04. The first-order valence-electron chi connectivity index (χ1n) is 9.47. The van der Waals surface area contributed by atoms with Crippen molar-refractivity contribution >= 4 is 16.7 Å². The zero-order valence-corrected chi connectivity index (χ0v) is 16.2. The van der Waals surface area contributed by atoms with E-state index in [-0.39, 0.29) is 11.8 Å². The van der Waals surface area contributed by atoms with Crippen LogP contribution in [0.4, 0.5) is 0 Å². The Bertz CT molecular complexity index is 1080. The minimum Gasteiger partial charge on any atom is -0.360 e. The Morgan fingerprint density at radius 2 is 1.86 bits per heavy atom. The highest BCUT2D eigenvalue weighted by molar-refractivity contribution is 6.10. The fraction of sp³-hybridized carbons (Fsp3) is 0.217. The summed E-state index contributed by atoms with van der Waals surface area (Å²) in [5.74, 6) is 0.122.